The second-order valence-corrected chi connectivity index (χ2v) is 7.68. The first kappa shape index (κ1) is 23.8. The normalized spacial score (nSPS) is 13.8. The van der Waals surface area contributed by atoms with Gasteiger partial charge < -0.3 is 36.7 Å². The summed E-state index contributed by atoms with van der Waals surface area (Å²) in [5.41, 5.74) is 8.49. The summed E-state index contributed by atoms with van der Waals surface area (Å²) in [7, 11) is 0. The Bertz CT molecular complexity index is 1130. The van der Waals surface area contributed by atoms with Crippen LogP contribution in [0.1, 0.15) is 11.1 Å². The van der Waals surface area contributed by atoms with E-state index in [1.165, 1.54) is 12.1 Å². The number of nitrogens with one attached hydrogen (secondary N) is 3. The number of phenols is 1. The van der Waals surface area contributed by atoms with Crippen molar-refractivity contribution in [3.63, 3.8) is 0 Å². The lowest BCUT2D eigenvalue weighted by Gasteiger charge is -2.22. The van der Waals surface area contributed by atoms with Crippen LogP contribution in [0.4, 0.5) is 0 Å². The Kier molecular flexibility index (Phi) is 7.65. The number of aromatic hydroxyl groups is 1. The lowest BCUT2D eigenvalue weighted by atomic mass is 10.0. The molecular weight excluding hydrogens is 428 g/mol. The number of hydrogen-bond acceptors (Lipinski definition) is 6. The molecule has 0 unspecified atom stereocenters. The van der Waals surface area contributed by atoms with Gasteiger partial charge in [-0.25, -0.2) is 4.79 Å². The maximum atomic E-state index is 12.8. The second kappa shape index (κ2) is 10.6. The number of aliphatic hydroxyl groups excluding tert-OH is 1. The van der Waals surface area contributed by atoms with Gasteiger partial charge in [-0.3, -0.25) is 9.59 Å². The monoisotopic (exact) mass is 454 g/mol. The number of H-pyrrole nitrogens is 1. The summed E-state index contributed by atoms with van der Waals surface area (Å²) < 4.78 is 0. The molecular formula is C23H26N4O6. The summed E-state index contributed by atoms with van der Waals surface area (Å²) >= 11 is 0. The van der Waals surface area contributed by atoms with Gasteiger partial charge in [0.05, 0.1) is 12.6 Å². The number of hydrogen-bond donors (Lipinski definition) is 7. The molecule has 8 N–H and O–H groups in total. The van der Waals surface area contributed by atoms with E-state index in [0.717, 1.165) is 16.5 Å². The maximum absolute atomic E-state index is 12.8. The van der Waals surface area contributed by atoms with E-state index in [4.69, 9.17) is 10.8 Å². The van der Waals surface area contributed by atoms with Crippen molar-refractivity contribution in [2.24, 2.45) is 5.73 Å². The van der Waals surface area contributed by atoms with Crippen LogP contribution in [-0.4, -0.2) is 62.8 Å². The Morgan fingerprint density at radius 3 is 2.27 bits per heavy atom. The topological polar surface area (TPSA) is 178 Å². The van der Waals surface area contributed by atoms with Crippen LogP contribution in [-0.2, 0) is 27.2 Å². The number of aliphatic carboxylic acids is 1. The minimum absolute atomic E-state index is 0.0232. The fourth-order valence-corrected chi connectivity index (χ4v) is 3.44. The highest BCUT2D eigenvalue weighted by Gasteiger charge is 2.28. The molecule has 0 bridgehead atoms. The number of carboxylic acids is 1. The number of rotatable bonds is 10. The highest BCUT2D eigenvalue weighted by Crippen LogP contribution is 2.19. The van der Waals surface area contributed by atoms with Gasteiger partial charge in [0.2, 0.25) is 11.8 Å². The number of phenolic OH excluding ortho intramolecular Hbond substituents is 1. The number of carbonyl (C=O) groups is 3. The third-order valence-corrected chi connectivity index (χ3v) is 5.26. The van der Waals surface area contributed by atoms with Gasteiger partial charge in [-0.1, -0.05) is 30.3 Å². The molecule has 0 fully saturated rings. The molecule has 0 aliphatic heterocycles. The lowest BCUT2D eigenvalue weighted by molar-refractivity contribution is -0.143. The number of fused-ring (bicyclic) bond motifs is 1. The number of aromatic nitrogens is 1. The number of nitrogens with two attached hydrogens (primary N) is 1. The van der Waals surface area contributed by atoms with Gasteiger partial charge in [0.15, 0.2) is 0 Å². The van der Waals surface area contributed by atoms with E-state index < -0.39 is 42.5 Å². The Morgan fingerprint density at radius 2 is 1.61 bits per heavy atom. The fraction of sp³-hybridized carbons (Fsp3) is 0.261. The van der Waals surface area contributed by atoms with E-state index in [9.17, 15) is 24.6 Å². The zero-order chi connectivity index (χ0) is 24.0. The minimum atomic E-state index is -1.52. The average molecular weight is 454 g/mol. The number of aliphatic hydroxyl groups is 1. The number of aromatic amines is 1. The van der Waals surface area contributed by atoms with Gasteiger partial charge in [0.25, 0.3) is 0 Å². The van der Waals surface area contributed by atoms with E-state index >= 15 is 0 Å². The molecule has 0 saturated heterocycles. The number of para-hydroxylation sites is 1. The Labute approximate surface area is 189 Å². The molecule has 3 atom stereocenters. The Hall–Kier alpha value is -3.89. The van der Waals surface area contributed by atoms with Gasteiger partial charge in [0, 0.05) is 23.5 Å². The van der Waals surface area contributed by atoms with E-state index in [0.29, 0.717) is 5.56 Å². The summed E-state index contributed by atoms with van der Waals surface area (Å²) in [4.78, 5) is 39.9. The van der Waals surface area contributed by atoms with E-state index in [1.807, 2.05) is 24.3 Å². The Balaban J connectivity index is 1.74. The van der Waals surface area contributed by atoms with Gasteiger partial charge in [0.1, 0.15) is 17.8 Å². The summed E-state index contributed by atoms with van der Waals surface area (Å²) in [5, 5.41) is 33.5. The highest BCUT2D eigenvalue weighted by atomic mass is 16.4. The first-order valence-electron chi connectivity index (χ1n) is 10.3. The molecule has 1 heterocycles. The molecule has 2 amide bonds. The number of benzene rings is 2. The summed E-state index contributed by atoms with van der Waals surface area (Å²) in [5.74, 6) is -2.74. The van der Waals surface area contributed by atoms with Crippen LogP contribution in [0.15, 0.2) is 54.7 Å². The van der Waals surface area contributed by atoms with Crippen LogP contribution in [0, 0.1) is 0 Å². The molecule has 33 heavy (non-hydrogen) atoms. The average Bonchev–Trinajstić information content (AvgIpc) is 3.20. The van der Waals surface area contributed by atoms with Crippen molar-refractivity contribution in [3.8, 4) is 5.75 Å². The van der Waals surface area contributed by atoms with Crippen LogP contribution in [0.5, 0.6) is 5.75 Å². The molecule has 10 nitrogen and oxygen atoms in total. The van der Waals surface area contributed by atoms with Crippen molar-refractivity contribution in [2.75, 3.05) is 6.61 Å². The maximum Gasteiger partial charge on any atom is 0.328 e. The molecule has 1 aromatic heterocycles. The molecule has 174 valence electrons. The quantitative estimate of drug-likeness (QED) is 0.226. The molecule has 0 radical (unpaired) electrons. The largest absolute Gasteiger partial charge is 0.508 e. The van der Waals surface area contributed by atoms with E-state index in [-0.39, 0.29) is 18.6 Å². The predicted molar refractivity (Wildman–Crippen MR) is 120 cm³/mol. The van der Waals surface area contributed by atoms with Crippen molar-refractivity contribution in [2.45, 2.75) is 31.0 Å². The molecule has 3 rings (SSSR count). The standard InChI is InChI=1S/C23H26N4O6/c24-17(10-14-11-25-18-4-2-1-3-16(14)18)21(30)26-19(9-13-5-7-15(29)8-6-13)22(31)27-20(12-28)23(32)33/h1-8,11,17,19-20,25,28-29H,9-10,12,24H2,(H,26,30)(H,27,31)(H,32,33)/t17-,19-,20-/m0/s1. The summed E-state index contributed by atoms with van der Waals surface area (Å²) in [6.07, 6.45) is 2.02. The minimum Gasteiger partial charge on any atom is -0.508 e. The molecule has 0 spiro atoms. The summed E-state index contributed by atoms with van der Waals surface area (Å²) in [6, 6.07) is 9.97. The van der Waals surface area contributed by atoms with Gasteiger partial charge >= 0.3 is 5.97 Å². The molecule has 0 aliphatic carbocycles. The van der Waals surface area contributed by atoms with Gasteiger partial charge in [-0.15, -0.1) is 0 Å². The van der Waals surface area contributed by atoms with Crippen LogP contribution in [0.25, 0.3) is 10.9 Å². The summed E-state index contributed by atoms with van der Waals surface area (Å²) in [6.45, 7) is -0.805. The number of amides is 2. The third-order valence-electron chi connectivity index (χ3n) is 5.26. The van der Waals surface area contributed by atoms with Crippen LogP contribution in [0.3, 0.4) is 0 Å². The first-order chi connectivity index (χ1) is 15.8. The van der Waals surface area contributed by atoms with Crippen molar-refractivity contribution in [1.82, 2.24) is 15.6 Å². The Morgan fingerprint density at radius 1 is 0.939 bits per heavy atom. The first-order valence-corrected chi connectivity index (χ1v) is 10.3. The van der Waals surface area contributed by atoms with Crippen molar-refractivity contribution < 1.29 is 29.7 Å². The number of carboxylic acid groups (broad SMARTS) is 1. The van der Waals surface area contributed by atoms with Crippen LogP contribution >= 0.6 is 0 Å². The van der Waals surface area contributed by atoms with Gasteiger partial charge in [-0.2, -0.15) is 0 Å². The van der Waals surface area contributed by atoms with E-state index in [1.54, 1.807) is 18.3 Å². The zero-order valence-corrected chi connectivity index (χ0v) is 17.7. The fourth-order valence-electron chi connectivity index (χ4n) is 3.44. The smallest absolute Gasteiger partial charge is 0.328 e. The van der Waals surface area contributed by atoms with Crippen LogP contribution < -0.4 is 16.4 Å². The van der Waals surface area contributed by atoms with Crippen molar-refractivity contribution in [1.29, 1.82) is 0 Å². The molecule has 0 saturated carbocycles. The van der Waals surface area contributed by atoms with Crippen molar-refractivity contribution >= 4 is 28.7 Å². The third kappa shape index (κ3) is 6.09. The van der Waals surface area contributed by atoms with Gasteiger partial charge in [-0.05, 0) is 35.7 Å². The molecule has 10 heteroatoms. The predicted octanol–water partition coefficient (Wildman–Crippen LogP) is 0.0325. The van der Waals surface area contributed by atoms with Crippen LogP contribution in [0.2, 0.25) is 0 Å². The lowest BCUT2D eigenvalue weighted by Crippen LogP contribution is -2.56. The molecule has 0 aliphatic rings. The number of carbonyl (C=O) groups excluding carboxylic acids is 2. The molecule has 2 aromatic carbocycles. The van der Waals surface area contributed by atoms with E-state index in [2.05, 4.69) is 15.6 Å². The zero-order valence-electron chi connectivity index (χ0n) is 17.7. The molecule has 3 aromatic rings. The SMILES string of the molecule is N[C@@H](Cc1c[nH]c2ccccc12)C(=O)N[C@@H](Cc1ccc(O)cc1)C(=O)N[C@@H](CO)C(=O)O. The van der Waals surface area contributed by atoms with Crippen molar-refractivity contribution in [3.05, 3.63) is 65.9 Å². The second-order valence-electron chi connectivity index (χ2n) is 7.68. The highest BCUT2D eigenvalue weighted by molar-refractivity contribution is 5.92.